The van der Waals surface area contributed by atoms with Crippen LogP contribution in [-0.2, 0) is 4.79 Å². The van der Waals surface area contributed by atoms with Crippen LogP contribution >= 0.6 is 24.0 Å². The molecule has 0 aromatic heterocycles. The molecule has 6 heteroatoms. The van der Waals surface area contributed by atoms with E-state index >= 15 is 0 Å². The number of guanidine groups is 1. The summed E-state index contributed by atoms with van der Waals surface area (Å²) in [5.74, 6) is 3.33. The van der Waals surface area contributed by atoms with Gasteiger partial charge in [0.2, 0.25) is 5.91 Å². The van der Waals surface area contributed by atoms with E-state index in [4.69, 9.17) is 0 Å². The summed E-state index contributed by atoms with van der Waals surface area (Å²) >= 11 is 0. The molecule has 2 unspecified atom stereocenters. The zero-order valence-electron chi connectivity index (χ0n) is 15.5. The van der Waals surface area contributed by atoms with Crippen LogP contribution < -0.4 is 10.6 Å². The van der Waals surface area contributed by atoms with Gasteiger partial charge in [-0.3, -0.25) is 9.79 Å². The van der Waals surface area contributed by atoms with Gasteiger partial charge in [-0.15, -0.1) is 24.0 Å². The SMILES string of the molecule is CN=C(NCC1CCCCC1C)N1CCC(CC(=O)NC)CC1.I. The molecular weight excluding hydrogens is 415 g/mol. The van der Waals surface area contributed by atoms with Crippen molar-refractivity contribution in [1.29, 1.82) is 0 Å². The fraction of sp³-hybridized carbons (Fsp3) is 0.889. The topological polar surface area (TPSA) is 56.7 Å². The lowest BCUT2D eigenvalue weighted by Gasteiger charge is -2.35. The van der Waals surface area contributed by atoms with Crippen LogP contribution in [0.5, 0.6) is 0 Å². The number of carbonyl (C=O) groups is 1. The molecule has 2 rings (SSSR count). The molecule has 1 heterocycles. The van der Waals surface area contributed by atoms with Gasteiger partial charge in [0, 0.05) is 40.2 Å². The molecule has 1 amide bonds. The van der Waals surface area contributed by atoms with E-state index in [9.17, 15) is 4.79 Å². The summed E-state index contributed by atoms with van der Waals surface area (Å²) in [5.41, 5.74) is 0. The molecule has 0 radical (unpaired) electrons. The largest absolute Gasteiger partial charge is 0.359 e. The Hall–Kier alpha value is -0.530. The first-order valence-electron chi connectivity index (χ1n) is 9.30. The van der Waals surface area contributed by atoms with E-state index in [1.165, 1.54) is 25.7 Å². The molecule has 2 aliphatic rings. The molecule has 1 aliphatic carbocycles. The second-order valence-electron chi connectivity index (χ2n) is 7.26. The fourth-order valence-corrected chi connectivity index (χ4v) is 3.96. The Bertz CT molecular complexity index is 408. The Morgan fingerprint density at radius 2 is 1.83 bits per heavy atom. The van der Waals surface area contributed by atoms with E-state index in [-0.39, 0.29) is 29.9 Å². The number of amides is 1. The first kappa shape index (κ1) is 21.5. The number of hydrogen-bond acceptors (Lipinski definition) is 2. The molecule has 0 spiro atoms. The zero-order valence-corrected chi connectivity index (χ0v) is 17.8. The highest BCUT2D eigenvalue weighted by molar-refractivity contribution is 14.0. The minimum Gasteiger partial charge on any atom is -0.359 e. The normalized spacial score (nSPS) is 25.8. The van der Waals surface area contributed by atoms with Crippen molar-refractivity contribution in [2.24, 2.45) is 22.7 Å². The summed E-state index contributed by atoms with van der Waals surface area (Å²) in [6.07, 6.45) is 8.30. The molecule has 1 saturated carbocycles. The summed E-state index contributed by atoms with van der Waals surface area (Å²) < 4.78 is 0. The number of piperidine rings is 1. The molecule has 1 aliphatic heterocycles. The smallest absolute Gasteiger partial charge is 0.220 e. The van der Waals surface area contributed by atoms with Crippen LogP contribution in [0.1, 0.15) is 51.9 Å². The van der Waals surface area contributed by atoms with Gasteiger partial charge in [0.25, 0.3) is 0 Å². The third-order valence-electron chi connectivity index (χ3n) is 5.69. The molecule has 2 atom stereocenters. The lowest BCUT2D eigenvalue weighted by Crippen LogP contribution is -2.47. The number of nitrogens with zero attached hydrogens (tertiary/aromatic N) is 2. The van der Waals surface area contributed by atoms with E-state index in [0.717, 1.165) is 50.3 Å². The molecule has 0 aromatic carbocycles. The minimum atomic E-state index is 0. The molecule has 0 aromatic rings. The average Bonchev–Trinajstić information content (AvgIpc) is 2.58. The third kappa shape index (κ3) is 6.41. The number of carbonyl (C=O) groups excluding carboxylic acids is 1. The predicted molar refractivity (Wildman–Crippen MR) is 111 cm³/mol. The molecule has 140 valence electrons. The fourth-order valence-electron chi connectivity index (χ4n) is 3.96. The minimum absolute atomic E-state index is 0. The Morgan fingerprint density at radius 3 is 2.42 bits per heavy atom. The van der Waals surface area contributed by atoms with Gasteiger partial charge in [0.15, 0.2) is 5.96 Å². The van der Waals surface area contributed by atoms with E-state index in [0.29, 0.717) is 12.3 Å². The number of nitrogens with one attached hydrogen (secondary N) is 2. The lowest BCUT2D eigenvalue weighted by molar-refractivity contribution is -0.121. The molecule has 0 bridgehead atoms. The Balaban J connectivity index is 0.00000288. The van der Waals surface area contributed by atoms with Crippen LogP contribution in [0.4, 0.5) is 0 Å². The summed E-state index contributed by atoms with van der Waals surface area (Å²) in [6, 6.07) is 0. The molecule has 2 fully saturated rings. The Kier molecular flexibility index (Phi) is 10.0. The maximum atomic E-state index is 11.5. The standard InChI is InChI=1S/C18H34N4O.HI/c1-14-6-4-5-7-16(14)13-21-18(20-3)22-10-8-15(9-11-22)12-17(23)19-2;/h14-16H,4-13H2,1-3H3,(H,19,23)(H,20,21);1H. The van der Waals surface area contributed by atoms with Crippen LogP contribution in [0, 0.1) is 17.8 Å². The van der Waals surface area contributed by atoms with E-state index < -0.39 is 0 Å². The van der Waals surface area contributed by atoms with Gasteiger partial charge in [0.05, 0.1) is 0 Å². The predicted octanol–water partition coefficient (Wildman–Crippen LogP) is 2.85. The third-order valence-corrected chi connectivity index (χ3v) is 5.69. The summed E-state index contributed by atoms with van der Waals surface area (Å²) in [6.45, 7) is 5.44. The van der Waals surface area contributed by atoms with Crippen molar-refractivity contribution in [2.45, 2.75) is 51.9 Å². The highest BCUT2D eigenvalue weighted by atomic mass is 127. The van der Waals surface area contributed by atoms with Crippen molar-refractivity contribution >= 4 is 35.8 Å². The highest BCUT2D eigenvalue weighted by Gasteiger charge is 2.25. The zero-order chi connectivity index (χ0) is 16.7. The van der Waals surface area contributed by atoms with Gasteiger partial charge in [-0.2, -0.15) is 0 Å². The summed E-state index contributed by atoms with van der Waals surface area (Å²) in [4.78, 5) is 18.3. The van der Waals surface area contributed by atoms with Gasteiger partial charge in [-0.25, -0.2) is 0 Å². The van der Waals surface area contributed by atoms with Gasteiger partial charge in [-0.1, -0.05) is 26.2 Å². The molecule has 1 saturated heterocycles. The monoisotopic (exact) mass is 450 g/mol. The first-order valence-corrected chi connectivity index (χ1v) is 9.30. The van der Waals surface area contributed by atoms with Gasteiger partial charge in [0.1, 0.15) is 0 Å². The number of hydrogen-bond donors (Lipinski definition) is 2. The van der Waals surface area contributed by atoms with Crippen LogP contribution in [0.3, 0.4) is 0 Å². The van der Waals surface area contributed by atoms with E-state index in [2.05, 4.69) is 27.4 Å². The quantitative estimate of drug-likeness (QED) is 0.394. The maximum absolute atomic E-state index is 11.5. The summed E-state index contributed by atoms with van der Waals surface area (Å²) in [7, 11) is 3.60. The molecule has 2 N–H and O–H groups in total. The van der Waals surface area contributed by atoms with E-state index in [1.807, 2.05) is 7.05 Å². The van der Waals surface area contributed by atoms with Crippen molar-refractivity contribution in [1.82, 2.24) is 15.5 Å². The first-order chi connectivity index (χ1) is 11.1. The maximum Gasteiger partial charge on any atom is 0.220 e. The van der Waals surface area contributed by atoms with Crippen LogP contribution in [-0.4, -0.2) is 50.5 Å². The molecule has 24 heavy (non-hydrogen) atoms. The Labute approximate surface area is 164 Å². The highest BCUT2D eigenvalue weighted by Crippen LogP contribution is 2.29. The lowest BCUT2D eigenvalue weighted by atomic mass is 9.80. The number of aliphatic imine (C=N–C) groups is 1. The van der Waals surface area contributed by atoms with Crippen LogP contribution in [0.2, 0.25) is 0 Å². The van der Waals surface area contributed by atoms with Crippen molar-refractivity contribution in [2.75, 3.05) is 33.7 Å². The van der Waals surface area contributed by atoms with Gasteiger partial charge in [-0.05, 0) is 37.0 Å². The van der Waals surface area contributed by atoms with Crippen molar-refractivity contribution in [3.63, 3.8) is 0 Å². The number of halogens is 1. The number of rotatable bonds is 4. The van der Waals surface area contributed by atoms with Gasteiger partial charge < -0.3 is 15.5 Å². The van der Waals surface area contributed by atoms with Crippen molar-refractivity contribution in [3.8, 4) is 0 Å². The number of likely N-dealkylation sites (tertiary alicyclic amines) is 1. The second-order valence-corrected chi connectivity index (χ2v) is 7.26. The molecule has 5 nitrogen and oxygen atoms in total. The second kappa shape index (κ2) is 11.2. The Morgan fingerprint density at radius 1 is 1.17 bits per heavy atom. The van der Waals surface area contributed by atoms with Crippen LogP contribution in [0.15, 0.2) is 4.99 Å². The van der Waals surface area contributed by atoms with E-state index in [1.54, 1.807) is 7.05 Å². The average molecular weight is 450 g/mol. The van der Waals surface area contributed by atoms with Crippen LogP contribution in [0.25, 0.3) is 0 Å². The molecular formula is C18H35IN4O. The van der Waals surface area contributed by atoms with Gasteiger partial charge >= 0.3 is 0 Å². The van der Waals surface area contributed by atoms with Crippen molar-refractivity contribution < 1.29 is 4.79 Å². The summed E-state index contributed by atoms with van der Waals surface area (Å²) in [5, 5.41) is 6.33. The van der Waals surface area contributed by atoms with Crippen molar-refractivity contribution in [3.05, 3.63) is 0 Å².